The van der Waals surface area contributed by atoms with Gasteiger partial charge >= 0.3 is 0 Å². The third-order valence-corrected chi connectivity index (χ3v) is 2.75. The van der Waals surface area contributed by atoms with E-state index in [0.717, 1.165) is 5.56 Å². The van der Waals surface area contributed by atoms with Crippen molar-refractivity contribution in [3.8, 4) is 11.5 Å². The van der Waals surface area contributed by atoms with E-state index in [1.807, 2.05) is 32.0 Å². The van der Waals surface area contributed by atoms with Gasteiger partial charge in [0.2, 0.25) is 18.2 Å². The van der Waals surface area contributed by atoms with E-state index in [2.05, 4.69) is 15.5 Å². The molecule has 0 aliphatic carbocycles. The number of anilines is 1. The van der Waals surface area contributed by atoms with Gasteiger partial charge < -0.3 is 15.5 Å². The number of nitrogens with zero attached hydrogens (tertiary/aromatic N) is 2. The fraction of sp³-hybridized carbons (Fsp3) is 0.357. The standard InChI is InChI=1S/C14H18N4O2/c1-14(2,15)7-6-12(19)17-11-5-3-4-10(8-11)13-18-16-9-20-13/h3-5,8-9H,6-7,15H2,1-2H3,(H,17,19). The maximum absolute atomic E-state index is 11.8. The zero-order valence-electron chi connectivity index (χ0n) is 11.6. The number of hydrogen-bond donors (Lipinski definition) is 2. The van der Waals surface area contributed by atoms with Crippen molar-refractivity contribution in [2.24, 2.45) is 5.73 Å². The minimum Gasteiger partial charge on any atom is -0.423 e. The Labute approximate surface area is 117 Å². The Morgan fingerprint density at radius 2 is 2.25 bits per heavy atom. The molecule has 0 saturated heterocycles. The van der Waals surface area contributed by atoms with E-state index in [1.165, 1.54) is 6.39 Å². The lowest BCUT2D eigenvalue weighted by Gasteiger charge is -2.17. The summed E-state index contributed by atoms with van der Waals surface area (Å²) in [4.78, 5) is 11.8. The number of aromatic nitrogens is 2. The second-order valence-corrected chi connectivity index (χ2v) is 5.36. The molecule has 0 unspecified atom stereocenters. The zero-order valence-corrected chi connectivity index (χ0v) is 11.6. The fourth-order valence-electron chi connectivity index (χ4n) is 1.69. The average Bonchev–Trinajstić information content (AvgIpc) is 2.90. The molecule has 6 nitrogen and oxygen atoms in total. The zero-order chi connectivity index (χ0) is 14.6. The van der Waals surface area contributed by atoms with Gasteiger partial charge in [-0.15, -0.1) is 10.2 Å². The highest BCUT2D eigenvalue weighted by atomic mass is 16.4. The van der Waals surface area contributed by atoms with Gasteiger partial charge in [0, 0.05) is 23.2 Å². The van der Waals surface area contributed by atoms with Crippen molar-refractivity contribution in [1.29, 1.82) is 0 Å². The van der Waals surface area contributed by atoms with Crippen molar-refractivity contribution in [3.05, 3.63) is 30.7 Å². The third kappa shape index (κ3) is 4.17. The summed E-state index contributed by atoms with van der Waals surface area (Å²) in [6, 6.07) is 7.26. The first-order chi connectivity index (χ1) is 9.44. The van der Waals surface area contributed by atoms with Crippen molar-refractivity contribution in [1.82, 2.24) is 10.2 Å². The lowest BCUT2D eigenvalue weighted by Crippen LogP contribution is -2.33. The Bertz CT molecular complexity index is 573. The Kier molecular flexibility index (Phi) is 4.14. The van der Waals surface area contributed by atoms with E-state index < -0.39 is 0 Å². The second-order valence-electron chi connectivity index (χ2n) is 5.36. The molecule has 3 N–H and O–H groups in total. The molecule has 6 heteroatoms. The summed E-state index contributed by atoms with van der Waals surface area (Å²) >= 11 is 0. The molecule has 0 aliphatic rings. The molecule has 0 spiro atoms. The third-order valence-electron chi connectivity index (χ3n) is 2.75. The molecule has 1 heterocycles. The van der Waals surface area contributed by atoms with Crippen LogP contribution in [0.2, 0.25) is 0 Å². The number of nitrogens with two attached hydrogens (primary N) is 1. The van der Waals surface area contributed by atoms with Crippen LogP contribution in [-0.4, -0.2) is 21.6 Å². The topological polar surface area (TPSA) is 94.0 Å². The molecule has 1 aromatic carbocycles. The fourth-order valence-corrected chi connectivity index (χ4v) is 1.69. The summed E-state index contributed by atoms with van der Waals surface area (Å²) < 4.78 is 5.12. The van der Waals surface area contributed by atoms with Crippen molar-refractivity contribution in [3.63, 3.8) is 0 Å². The Balaban J connectivity index is 2.00. The molecule has 0 bridgehead atoms. The van der Waals surface area contributed by atoms with Crippen LogP contribution in [0.15, 0.2) is 35.1 Å². The first-order valence-corrected chi connectivity index (χ1v) is 6.39. The Morgan fingerprint density at radius 3 is 2.90 bits per heavy atom. The number of hydrogen-bond acceptors (Lipinski definition) is 5. The first-order valence-electron chi connectivity index (χ1n) is 6.39. The smallest absolute Gasteiger partial charge is 0.247 e. The molecular formula is C14H18N4O2. The molecule has 20 heavy (non-hydrogen) atoms. The van der Waals surface area contributed by atoms with E-state index in [9.17, 15) is 4.79 Å². The average molecular weight is 274 g/mol. The van der Waals surface area contributed by atoms with E-state index in [1.54, 1.807) is 6.07 Å². The summed E-state index contributed by atoms with van der Waals surface area (Å²) in [5, 5.41) is 10.3. The predicted molar refractivity (Wildman–Crippen MR) is 75.9 cm³/mol. The van der Waals surface area contributed by atoms with Crippen LogP contribution in [0.5, 0.6) is 0 Å². The van der Waals surface area contributed by atoms with Gasteiger partial charge in [-0.05, 0) is 38.5 Å². The van der Waals surface area contributed by atoms with Gasteiger partial charge in [-0.3, -0.25) is 4.79 Å². The SMILES string of the molecule is CC(C)(N)CCC(=O)Nc1cccc(-c2nnco2)c1. The van der Waals surface area contributed by atoms with Crippen molar-refractivity contribution in [2.75, 3.05) is 5.32 Å². The lowest BCUT2D eigenvalue weighted by molar-refractivity contribution is -0.116. The maximum Gasteiger partial charge on any atom is 0.247 e. The van der Waals surface area contributed by atoms with E-state index in [4.69, 9.17) is 10.2 Å². The minimum absolute atomic E-state index is 0.0637. The summed E-state index contributed by atoms with van der Waals surface area (Å²) in [5.41, 5.74) is 6.97. The van der Waals surface area contributed by atoms with Crippen LogP contribution >= 0.6 is 0 Å². The number of rotatable bonds is 5. The summed E-state index contributed by atoms with van der Waals surface area (Å²) in [5.74, 6) is 0.357. The second kappa shape index (κ2) is 5.83. The van der Waals surface area contributed by atoms with Gasteiger partial charge in [-0.1, -0.05) is 6.07 Å². The number of carbonyl (C=O) groups is 1. The molecule has 0 aliphatic heterocycles. The monoisotopic (exact) mass is 274 g/mol. The molecule has 2 rings (SSSR count). The molecule has 1 aromatic heterocycles. The van der Waals surface area contributed by atoms with Crippen LogP contribution in [-0.2, 0) is 4.79 Å². The highest BCUT2D eigenvalue weighted by Crippen LogP contribution is 2.20. The molecular weight excluding hydrogens is 256 g/mol. The molecule has 0 saturated carbocycles. The normalized spacial score (nSPS) is 11.3. The van der Waals surface area contributed by atoms with Crippen molar-refractivity contribution < 1.29 is 9.21 Å². The molecule has 2 aromatic rings. The Hall–Kier alpha value is -2.21. The predicted octanol–water partition coefficient (Wildman–Crippen LogP) is 2.19. The van der Waals surface area contributed by atoms with Crippen molar-refractivity contribution in [2.45, 2.75) is 32.2 Å². The van der Waals surface area contributed by atoms with Crippen LogP contribution in [0.25, 0.3) is 11.5 Å². The largest absolute Gasteiger partial charge is 0.423 e. The van der Waals surface area contributed by atoms with Crippen LogP contribution in [0.4, 0.5) is 5.69 Å². The van der Waals surface area contributed by atoms with Gasteiger partial charge in [0.05, 0.1) is 0 Å². The van der Waals surface area contributed by atoms with Crippen LogP contribution in [0.3, 0.4) is 0 Å². The number of benzene rings is 1. The van der Waals surface area contributed by atoms with Gasteiger partial charge in [0.1, 0.15) is 0 Å². The van der Waals surface area contributed by atoms with Crippen LogP contribution in [0, 0.1) is 0 Å². The summed E-state index contributed by atoms with van der Waals surface area (Å²) in [6.07, 6.45) is 2.28. The Morgan fingerprint density at radius 1 is 1.45 bits per heavy atom. The molecule has 0 fully saturated rings. The number of carbonyl (C=O) groups excluding carboxylic acids is 1. The molecule has 1 amide bonds. The van der Waals surface area contributed by atoms with Gasteiger partial charge in [0.25, 0.3) is 0 Å². The van der Waals surface area contributed by atoms with Gasteiger partial charge in [-0.25, -0.2) is 0 Å². The lowest BCUT2D eigenvalue weighted by atomic mass is 10.00. The highest BCUT2D eigenvalue weighted by Gasteiger charge is 2.13. The highest BCUT2D eigenvalue weighted by molar-refractivity contribution is 5.91. The number of nitrogens with one attached hydrogen (secondary N) is 1. The van der Waals surface area contributed by atoms with E-state index >= 15 is 0 Å². The van der Waals surface area contributed by atoms with Crippen molar-refractivity contribution >= 4 is 11.6 Å². The maximum atomic E-state index is 11.8. The molecule has 0 atom stereocenters. The number of amides is 1. The summed E-state index contributed by atoms with van der Waals surface area (Å²) in [7, 11) is 0. The molecule has 106 valence electrons. The minimum atomic E-state index is -0.344. The first kappa shape index (κ1) is 14.2. The quantitative estimate of drug-likeness (QED) is 0.871. The van der Waals surface area contributed by atoms with Gasteiger partial charge in [-0.2, -0.15) is 0 Å². The van der Waals surface area contributed by atoms with E-state index in [0.29, 0.717) is 24.4 Å². The van der Waals surface area contributed by atoms with E-state index in [-0.39, 0.29) is 11.4 Å². The molecule has 0 radical (unpaired) electrons. The van der Waals surface area contributed by atoms with Gasteiger partial charge in [0.15, 0.2) is 0 Å². The summed E-state index contributed by atoms with van der Waals surface area (Å²) in [6.45, 7) is 3.80. The van der Waals surface area contributed by atoms with Crippen LogP contribution in [0.1, 0.15) is 26.7 Å². The van der Waals surface area contributed by atoms with Crippen LogP contribution < -0.4 is 11.1 Å².